The molecule has 0 aromatic heterocycles. The lowest BCUT2D eigenvalue weighted by Gasteiger charge is -2.19. The lowest BCUT2D eigenvalue weighted by molar-refractivity contribution is -0.161. The summed E-state index contributed by atoms with van der Waals surface area (Å²) in [5, 5.41) is 0. The number of esters is 2. The average molecular weight is 1300 g/mol. The van der Waals surface area contributed by atoms with Gasteiger partial charge in [-0.05, 0) is 154 Å². The maximum absolute atomic E-state index is 12.8. The second kappa shape index (κ2) is 75.4. The summed E-state index contributed by atoms with van der Waals surface area (Å²) in [4.78, 5) is 35.4. The number of rotatable bonds is 65. The summed E-state index contributed by atoms with van der Waals surface area (Å²) < 4.78 is 33.2. The molecule has 0 aliphatic rings. The minimum Gasteiger partial charge on any atom is -0.462 e. The van der Waals surface area contributed by atoms with Crippen molar-refractivity contribution in [3.05, 3.63) is 219 Å². The summed E-state index contributed by atoms with van der Waals surface area (Å²) in [5.74, 6) is -0.862. The van der Waals surface area contributed by atoms with Crippen molar-refractivity contribution < 1.29 is 37.6 Å². The highest BCUT2D eigenvalue weighted by atomic mass is 31.2. The third-order valence-electron chi connectivity index (χ3n) is 14.4. The number of phosphoric acid groups is 1. The van der Waals surface area contributed by atoms with Gasteiger partial charge in [0.1, 0.15) is 6.61 Å². The monoisotopic (exact) mass is 1300 g/mol. The highest BCUT2D eigenvalue weighted by Gasteiger charge is 2.26. The molecule has 9 nitrogen and oxygen atoms in total. The lowest BCUT2D eigenvalue weighted by Crippen LogP contribution is -2.29. The van der Waals surface area contributed by atoms with E-state index in [1.165, 1.54) is 44.9 Å². The zero-order valence-corrected chi connectivity index (χ0v) is 59.3. The van der Waals surface area contributed by atoms with Gasteiger partial charge >= 0.3 is 19.8 Å². The van der Waals surface area contributed by atoms with E-state index >= 15 is 0 Å². The Balaban J connectivity index is 4.02. The van der Waals surface area contributed by atoms with Crippen LogP contribution in [0.25, 0.3) is 0 Å². The van der Waals surface area contributed by atoms with E-state index in [4.69, 9.17) is 24.3 Å². The van der Waals surface area contributed by atoms with Crippen molar-refractivity contribution in [3.8, 4) is 0 Å². The Morgan fingerprint density at radius 3 is 0.828 bits per heavy atom. The molecule has 0 amide bonds. The standard InChI is InChI=1S/C83H130NO8P/c1-3-5-7-9-11-13-15-17-19-21-23-25-27-29-31-33-35-36-37-38-39-40-41-42-43-44-46-48-50-52-54-56-58-60-62-64-66-68-70-72-74-76-83(86)92-81(80-91-93(87,88)90-78-77-84)79-89-82(85)75-73-71-69-67-65-63-61-59-57-55-53-51-49-47-45-34-32-30-28-26-24-22-20-18-16-14-12-10-8-6-4-2/h5-8,11-14,17-20,23-26,29-32,35-36,38-39,41-42,44-47,50-53,56,58,81H,3-4,9-10,15-16,21-22,27-28,33-34,37,40,43,48-49,54-55,57,59-80,84H2,1-2H3,(H,87,88)/b7-5-,8-6-,13-11-,14-12-,19-17-,20-18-,25-23-,26-24-,31-29-,32-30-,36-35-,39-38-,42-41-,46-44-,47-45-,52-50-,53-51-,58-56-. The molecule has 0 heterocycles. The number of unbranched alkanes of at least 4 members (excludes halogenated alkanes) is 16. The molecule has 2 unspecified atom stereocenters. The first-order valence-electron chi connectivity index (χ1n) is 36.2. The Labute approximate surface area is 569 Å². The van der Waals surface area contributed by atoms with E-state index in [1.54, 1.807) is 0 Å². The molecule has 0 aromatic rings. The van der Waals surface area contributed by atoms with Gasteiger partial charge in [0.05, 0.1) is 13.2 Å². The molecule has 0 radical (unpaired) electrons. The van der Waals surface area contributed by atoms with Crippen molar-refractivity contribution >= 4 is 19.8 Å². The quantitative estimate of drug-likeness (QED) is 0.0264. The number of nitrogens with two attached hydrogens (primary N) is 1. The number of allylic oxidation sites excluding steroid dienone is 36. The van der Waals surface area contributed by atoms with Crippen molar-refractivity contribution in [1.29, 1.82) is 0 Å². The van der Waals surface area contributed by atoms with Crippen molar-refractivity contribution in [2.45, 2.75) is 264 Å². The summed E-state index contributed by atoms with van der Waals surface area (Å²) >= 11 is 0. The number of hydrogen-bond acceptors (Lipinski definition) is 8. The largest absolute Gasteiger partial charge is 0.472 e. The van der Waals surface area contributed by atoms with Crippen LogP contribution in [0, 0.1) is 0 Å². The molecule has 0 aliphatic heterocycles. The van der Waals surface area contributed by atoms with Crippen LogP contribution in [-0.4, -0.2) is 49.3 Å². The molecule has 2 atom stereocenters. The number of phosphoric ester groups is 1. The van der Waals surface area contributed by atoms with Crippen LogP contribution in [0.1, 0.15) is 258 Å². The number of hydrogen-bond donors (Lipinski definition) is 2. The normalized spacial score (nSPS) is 14.2. The Morgan fingerprint density at radius 1 is 0.323 bits per heavy atom. The van der Waals surface area contributed by atoms with Crippen LogP contribution in [0.15, 0.2) is 219 Å². The van der Waals surface area contributed by atoms with Crippen LogP contribution >= 0.6 is 7.82 Å². The van der Waals surface area contributed by atoms with Crippen LogP contribution in [0.3, 0.4) is 0 Å². The summed E-state index contributed by atoms with van der Waals surface area (Å²) in [7, 11) is -4.42. The van der Waals surface area contributed by atoms with Crippen molar-refractivity contribution in [2.75, 3.05) is 26.4 Å². The Kier molecular flexibility index (Phi) is 70.8. The van der Waals surface area contributed by atoms with E-state index in [0.717, 1.165) is 173 Å². The summed E-state index contributed by atoms with van der Waals surface area (Å²) in [6.45, 7) is 3.47. The first kappa shape index (κ1) is 87.3. The Bertz CT molecular complexity index is 2330. The first-order chi connectivity index (χ1) is 45.8. The van der Waals surface area contributed by atoms with Gasteiger partial charge in [-0.25, -0.2) is 4.57 Å². The van der Waals surface area contributed by atoms with Gasteiger partial charge in [0.2, 0.25) is 0 Å². The topological polar surface area (TPSA) is 134 Å². The fourth-order valence-electron chi connectivity index (χ4n) is 9.09. The van der Waals surface area contributed by atoms with Crippen LogP contribution in [0.4, 0.5) is 0 Å². The van der Waals surface area contributed by atoms with Gasteiger partial charge in [0, 0.05) is 19.4 Å². The number of carbonyl (C=O) groups is 2. The zero-order chi connectivity index (χ0) is 67.2. The molecule has 0 aromatic carbocycles. The smallest absolute Gasteiger partial charge is 0.462 e. The van der Waals surface area contributed by atoms with E-state index in [2.05, 4.69) is 233 Å². The fourth-order valence-corrected chi connectivity index (χ4v) is 9.86. The van der Waals surface area contributed by atoms with Gasteiger partial charge in [-0.15, -0.1) is 0 Å². The minimum absolute atomic E-state index is 0.0391. The molecule has 0 saturated carbocycles. The molecular weight excluding hydrogens is 1170 g/mol. The van der Waals surface area contributed by atoms with Crippen molar-refractivity contribution in [2.24, 2.45) is 5.73 Å². The second-order valence-corrected chi connectivity index (χ2v) is 24.4. The van der Waals surface area contributed by atoms with E-state index in [-0.39, 0.29) is 32.6 Å². The van der Waals surface area contributed by atoms with Gasteiger partial charge in [-0.2, -0.15) is 0 Å². The highest BCUT2D eigenvalue weighted by molar-refractivity contribution is 7.47. The Hall–Kier alpha value is -5.67. The zero-order valence-electron chi connectivity index (χ0n) is 58.4. The lowest BCUT2D eigenvalue weighted by atomic mass is 10.1. The van der Waals surface area contributed by atoms with Crippen LogP contribution in [0.2, 0.25) is 0 Å². The SMILES string of the molecule is CC/C=C\C/C=C\C/C=C\C/C=C\C/C=C\C/C=C\C/C=C\C/C=C\C/C=C\C/C=C\C/C=C\CCCCCCCCCC(=O)OC(COC(=O)CCCCCCCCCCC/C=C\C/C=C\C/C=C\C/C=C\C/C=C\C/C=C\C/C=C\CC)COP(=O)(O)OCCN. The van der Waals surface area contributed by atoms with Crippen LogP contribution < -0.4 is 5.73 Å². The Morgan fingerprint density at radius 2 is 0.559 bits per heavy atom. The molecular formula is C83H130NO8P. The third kappa shape index (κ3) is 75.2. The van der Waals surface area contributed by atoms with Gasteiger partial charge < -0.3 is 20.1 Å². The molecule has 0 bridgehead atoms. The highest BCUT2D eigenvalue weighted by Crippen LogP contribution is 2.43. The molecule has 0 fully saturated rings. The van der Waals surface area contributed by atoms with E-state index in [1.807, 2.05) is 0 Å². The first-order valence-corrected chi connectivity index (χ1v) is 37.7. The van der Waals surface area contributed by atoms with Crippen LogP contribution in [-0.2, 0) is 32.7 Å². The van der Waals surface area contributed by atoms with Gasteiger partial charge in [-0.3, -0.25) is 18.6 Å². The van der Waals surface area contributed by atoms with E-state index in [0.29, 0.717) is 12.8 Å². The van der Waals surface area contributed by atoms with Crippen molar-refractivity contribution in [3.63, 3.8) is 0 Å². The molecule has 520 valence electrons. The van der Waals surface area contributed by atoms with E-state index < -0.39 is 32.5 Å². The van der Waals surface area contributed by atoms with Crippen LogP contribution in [0.5, 0.6) is 0 Å². The van der Waals surface area contributed by atoms with Gasteiger partial charge in [0.25, 0.3) is 0 Å². The molecule has 3 N–H and O–H groups in total. The second-order valence-electron chi connectivity index (χ2n) is 23.0. The molecule has 0 aliphatic carbocycles. The van der Waals surface area contributed by atoms with Crippen molar-refractivity contribution in [1.82, 2.24) is 0 Å². The molecule has 93 heavy (non-hydrogen) atoms. The minimum atomic E-state index is -4.42. The predicted molar refractivity (Wildman–Crippen MR) is 403 cm³/mol. The molecule has 0 spiro atoms. The maximum Gasteiger partial charge on any atom is 0.472 e. The van der Waals surface area contributed by atoms with E-state index in [9.17, 15) is 19.0 Å². The molecule has 0 rings (SSSR count). The summed E-state index contributed by atoms with van der Waals surface area (Å²) in [6.07, 6.45) is 117. The average Bonchev–Trinajstić information content (AvgIpc) is 3.49. The maximum atomic E-state index is 12.8. The predicted octanol–water partition coefficient (Wildman–Crippen LogP) is 24.4. The van der Waals surface area contributed by atoms with Gasteiger partial charge in [0.15, 0.2) is 6.10 Å². The molecule has 0 saturated heterocycles. The molecule has 10 heteroatoms. The van der Waals surface area contributed by atoms with Gasteiger partial charge in [-0.1, -0.05) is 310 Å². The fraction of sp³-hybridized carbons (Fsp3) is 0.542. The summed E-state index contributed by atoms with van der Waals surface area (Å²) in [6, 6.07) is 0. The summed E-state index contributed by atoms with van der Waals surface area (Å²) in [5.41, 5.74) is 5.40. The number of carbonyl (C=O) groups excluding carboxylic acids is 2. The number of ether oxygens (including phenoxy) is 2. The third-order valence-corrected chi connectivity index (χ3v) is 15.3.